The topological polar surface area (TPSA) is 54.2 Å². The van der Waals surface area contributed by atoms with Gasteiger partial charge in [0.1, 0.15) is 5.82 Å². The summed E-state index contributed by atoms with van der Waals surface area (Å²) in [6, 6.07) is 6.43. The molecule has 6 heteroatoms. The van der Waals surface area contributed by atoms with Gasteiger partial charge in [-0.3, -0.25) is 9.58 Å². The van der Waals surface area contributed by atoms with Crippen molar-refractivity contribution >= 4 is 0 Å². The molecule has 5 nitrogen and oxygen atoms in total. The van der Waals surface area contributed by atoms with E-state index in [1.54, 1.807) is 23.0 Å². The molecule has 0 radical (unpaired) electrons. The number of likely N-dealkylation sites (tertiary alicyclic amines) is 1. The van der Waals surface area contributed by atoms with Gasteiger partial charge in [0.2, 0.25) is 0 Å². The maximum Gasteiger partial charge on any atom is 0.123 e. The Morgan fingerprint density at radius 2 is 2.14 bits per heavy atom. The Hall–Kier alpha value is -1.79. The quantitative estimate of drug-likeness (QED) is 0.918. The van der Waals surface area contributed by atoms with Gasteiger partial charge in [-0.15, -0.1) is 5.10 Å². The van der Waals surface area contributed by atoms with Crippen LogP contribution in [0.15, 0.2) is 30.5 Å². The van der Waals surface area contributed by atoms with Crippen molar-refractivity contribution in [3.8, 4) is 0 Å². The van der Waals surface area contributed by atoms with Gasteiger partial charge in [-0.1, -0.05) is 17.3 Å². The van der Waals surface area contributed by atoms with Crippen LogP contribution in [0.5, 0.6) is 0 Å². The monoisotopic (exact) mass is 304 g/mol. The maximum atomic E-state index is 13.0. The molecule has 0 spiro atoms. The number of hydrogen-bond acceptors (Lipinski definition) is 4. The average molecular weight is 304 g/mol. The predicted octanol–water partition coefficient (Wildman–Crippen LogP) is 2.04. The van der Waals surface area contributed by atoms with Crippen molar-refractivity contribution in [3.63, 3.8) is 0 Å². The Labute approximate surface area is 129 Å². The molecule has 2 aromatic rings. The van der Waals surface area contributed by atoms with Crippen molar-refractivity contribution in [1.29, 1.82) is 0 Å². The second-order valence-corrected chi connectivity index (χ2v) is 5.92. The summed E-state index contributed by atoms with van der Waals surface area (Å²) in [5, 5.41) is 18.3. The number of benzene rings is 1. The summed E-state index contributed by atoms with van der Waals surface area (Å²) in [4.78, 5) is 2.37. The lowest BCUT2D eigenvalue weighted by molar-refractivity contribution is 0.117. The molecule has 2 heterocycles. The summed E-state index contributed by atoms with van der Waals surface area (Å²) < 4.78 is 14.7. The molecule has 118 valence electrons. The number of hydrogen-bond donors (Lipinski definition) is 1. The van der Waals surface area contributed by atoms with E-state index in [2.05, 4.69) is 15.2 Å². The van der Waals surface area contributed by atoms with E-state index in [1.165, 1.54) is 12.1 Å². The molecule has 2 unspecified atom stereocenters. The van der Waals surface area contributed by atoms with Gasteiger partial charge in [0.15, 0.2) is 0 Å². The Morgan fingerprint density at radius 3 is 2.82 bits per heavy atom. The SMILES string of the molecule is Cn1nncc1CN1CCCC1CC(O)c1ccc(F)cc1. The highest BCUT2D eigenvalue weighted by atomic mass is 19.1. The number of halogens is 1. The molecule has 1 aliphatic heterocycles. The largest absolute Gasteiger partial charge is 0.388 e. The van der Waals surface area contributed by atoms with Gasteiger partial charge in [-0.05, 0) is 43.5 Å². The molecule has 1 N–H and O–H groups in total. The fraction of sp³-hybridized carbons (Fsp3) is 0.500. The fourth-order valence-electron chi connectivity index (χ4n) is 3.11. The number of aliphatic hydroxyl groups excluding tert-OH is 1. The Kier molecular flexibility index (Phi) is 4.49. The first-order chi connectivity index (χ1) is 10.6. The van der Waals surface area contributed by atoms with E-state index >= 15 is 0 Å². The first kappa shape index (κ1) is 15.1. The highest BCUT2D eigenvalue weighted by molar-refractivity contribution is 5.18. The molecule has 1 aliphatic rings. The first-order valence-corrected chi connectivity index (χ1v) is 7.64. The van der Waals surface area contributed by atoms with E-state index in [1.807, 2.05) is 7.05 Å². The molecule has 22 heavy (non-hydrogen) atoms. The molecule has 1 fully saturated rings. The summed E-state index contributed by atoms with van der Waals surface area (Å²) in [5.41, 5.74) is 1.85. The van der Waals surface area contributed by atoms with Crippen LogP contribution >= 0.6 is 0 Å². The van der Waals surface area contributed by atoms with Crippen LogP contribution < -0.4 is 0 Å². The van der Waals surface area contributed by atoms with Gasteiger partial charge in [-0.25, -0.2) is 4.39 Å². The molecule has 1 aromatic carbocycles. The molecule has 0 saturated carbocycles. The van der Waals surface area contributed by atoms with Crippen LogP contribution in [0.3, 0.4) is 0 Å². The van der Waals surface area contributed by atoms with Crippen molar-refractivity contribution in [1.82, 2.24) is 19.9 Å². The Bertz CT molecular complexity index is 613. The standard InChI is InChI=1S/C16H21FN4O/c1-20-15(10-18-19-20)11-21-8-2-3-14(21)9-16(22)12-4-6-13(17)7-5-12/h4-7,10,14,16,22H,2-3,8-9,11H2,1H3. The second-order valence-electron chi connectivity index (χ2n) is 5.92. The summed E-state index contributed by atoms with van der Waals surface area (Å²) in [7, 11) is 1.89. The summed E-state index contributed by atoms with van der Waals surface area (Å²) in [6.07, 6.45) is 4.09. The van der Waals surface area contributed by atoms with Crippen molar-refractivity contribution in [2.45, 2.75) is 38.0 Å². The average Bonchev–Trinajstić information content (AvgIpc) is 3.10. The number of rotatable bonds is 5. The Balaban J connectivity index is 1.63. The zero-order valence-electron chi connectivity index (χ0n) is 12.7. The van der Waals surface area contributed by atoms with Crippen LogP contribution in [0.1, 0.15) is 36.6 Å². The minimum absolute atomic E-state index is 0.276. The first-order valence-electron chi connectivity index (χ1n) is 7.64. The molecule has 2 atom stereocenters. The lowest BCUT2D eigenvalue weighted by atomic mass is 10.0. The van der Waals surface area contributed by atoms with Gasteiger partial charge < -0.3 is 5.11 Å². The van der Waals surface area contributed by atoms with Crippen LogP contribution in [0.4, 0.5) is 4.39 Å². The third-order valence-corrected chi connectivity index (χ3v) is 4.42. The lowest BCUT2D eigenvalue weighted by Gasteiger charge is -2.26. The van der Waals surface area contributed by atoms with E-state index in [0.717, 1.165) is 37.2 Å². The van der Waals surface area contributed by atoms with E-state index in [4.69, 9.17) is 0 Å². The van der Waals surface area contributed by atoms with Crippen molar-refractivity contribution in [2.75, 3.05) is 6.54 Å². The molecular weight excluding hydrogens is 283 g/mol. The second kappa shape index (κ2) is 6.54. The van der Waals surface area contributed by atoms with Gasteiger partial charge in [0.25, 0.3) is 0 Å². The summed E-state index contributed by atoms with van der Waals surface area (Å²) >= 11 is 0. The van der Waals surface area contributed by atoms with Gasteiger partial charge >= 0.3 is 0 Å². The van der Waals surface area contributed by atoms with E-state index in [0.29, 0.717) is 12.5 Å². The van der Waals surface area contributed by atoms with Gasteiger partial charge in [0.05, 0.1) is 18.0 Å². The summed E-state index contributed by atoms with van der Waals surface area (Å²) in [5.74, 6) is -0.276. The number of nitrogens with zero attached hydrogens (tertiary/aromatic N) is 4. The molecule has 3 rings (SSSR count). The molecular formula is C16H21FN4O. The highest BCUT2D eigenvalue weighted by Crippen LogP contribution is 2.28. The van der Waals surface area contributed by atoms with E-state index < -0.39 is 6.10 Å². The van der Waals surface area contributed by atoms with Crippen LogP contribution in [-0.4, -0.2) is 37.6 Å². The van der Waals surface area contributed by atoms with Crippen molar-refractivity contribution in [3.05, 3.63) is 47.5 Å². The smallest absolute Gasteiger partial charge is 0.123 e. The lowest BCUT2D eigenvalue weighted by Crippen LogP contribution is -2.31. The third kappa shape index (κ3) is 3.34. The van der Waals surface area contributed by atoms with Gasteiger partial charge in [-0.2, -0.15) is 0 Å². The molecule has 1 aromatic heterocycles. The number of aliphatic hydroxyl groups is 1. The van der Waals surface area contributed by atoms with Crippen LogP contribution in [0.25, 0.3) is 0 Å². The van der Waals surface area contributed by atoms with Gasteiger partial charge in [0, 0.05) is 19.6 Å². The van der Waals surface area contributed by atoms with E-state index in [-0.39, 0.29) is 5.82 Å². The highest BCUT2D eigenvalue weighted by Gasteiger charge is 2.27. The fourth-order valence-corrected chi connectivity index (χ4v) is 3.11. The van der Waals surface area contributed by atoms with Crippen molar-refractivity contribution < 1.29 is 9.50 Å². The zero-order chi connectivity index (χ0) is 15.5. The van der Waals surface area contributed by atoms with Crippen LogP contribution in [-0.2, 0) is 13.6 Å². The number of aryl methyl sites for hydroxylation is 1. The molecule has 0 aliphatic carbocycles. The van der Waals surface area contributed by atoms with Crippen LogP contribution in [0, 0.1) is 5.82 Å². The van der Waals surface area contributed by atoms with Crippen LogP contribution in [0.2, 0.25) is 0 Å². The summed E-state index contributed by atoms with van der Waals surface area (Å²) in [6.45, 7) is 1.82. The third-order valence-electron chi connectivity index (χ3n) is 4.42. The number of aromatic nitrogens is 3. The maximum absolute atomic E-state index is 13.0. The minimum atomic E-state index is -0.559. The molecule has 0 amide bonds. The minimum Gasteiger partial charge on any atom is -0.388 e. The predicted molar refractivity (Wildman–Crippen MR) is 80.4 cm³/mol. The molecule has 1 saturated heterocycles. The normalized spacial score (nSPS) is 20.4. The molecule has 0 bridgehead atoms. The van der Waals surface area contributed by atoms with Crippen molar-refractivity contribution in [2.24, 2.45) is 7.05 Å². The zero-order valence-corrected chi connectivity index (χ0v) is 12.7. The van der Waals surface area contributed by atoms with E-state index in [9.17, 15) is 9.50 Å². The Morgan fingerprint density at radius 1 is 1.36 bits per heavy atom.